The Morgan fingerprint density at radius 2 is 1.90 bits per heavy atom. The Kier molecular flexibility index (Phi) is 3.67. The summed E-state index contributed by atoms with van der Waals surface area (Å²) in [6.45, 7) is 9.80. The third-order valence-corrected chi connectivity index (χ3v) is 4.01. The molecule has 20 heavy (non-hydrogen) atoms. The maximum atomic E-state index is 10.7. The van der Waals surface area contributed by atoms with E-state index >= 15 is 0 Å². The van der Waals surface area contributed by atoms with Gasteiger partial charge in [0.15, 0.2) is 6.61 Å². The van der Waals surface area contributed by atoms with Gasteiger partial charge in [-0.3, -0.25) is 0 Å². The summed E-state index contributed by atoms with van der Waals surface area (Å²) in [6, 6.07) is 0. The lowest BCUT2D eigenvalue weighted by Gasteiger charge is -2.35. The predicted octanol–water partition coefficient (Wildman–Crippen LogP) is 3.18. The number of hydrogen-bond acceptors (Lipinski definition) is 3. The van der Waals surface area contributed by atoms with Gasteiger partial charge in [-0.15, -0.1) is 0 Å². The minimum atomic E-state index is -0.962. The first kappa shape index (κ1) is 14.7. The first-order valence-corrected chi connectivity index (χ1v) is 6.89. The lowest BCUT2D eigenvalue weighted by atomic mass is 9.88. The number of fused-ring (bicyclic) bond motifs is 1. The summed E-state index contributed by atoms with van der Waals surface area (Å²) < 4.78 is 11.6. The predicted molar refractivity (Wildman–Crippen MR) is 76.8 cm³/mol. The monoisotopic (exact) mass is 278 g/mol. The number of ether oxygens (including phenoxy) is 2. The Balaban J connectivity index is 2.48. The van der Waals surface area contributed by atoms with Gasteiger partial charge in [-0.1, -0.05) is 0 Å². The van der Waals surface area contributed by atoms with Gasteiger partial charge in [0.05, 0.1) is 0 Å². The average Bonchev–Trinajstić information content (AvgIpc) is 2.34. The zero-order valence-corrected chi connectivity index (χ0v) is 12.8. The quantitative estimate of drug-likeness (QED) is 0.922. The molecule has 0 spiro atoms. The fraction of sp³-hybridized carbons (Fsp3) is 0.562. The molecule has 4 heteroatoms. The molecule has 0 saturated carbocycles. The molecule has 1 aromatic carbocycles. The lowest BCUT2D eigenvalue weighted by Crippen LogP contribution is -2.33. The summed E-state index contributed by atoms with van der Waals surface area (Å²) in [6.07, 6.45) is 1.88. The van der Waals surface area contributed by atoms with Crippen LogP contribution in [0.3, 0.4) is 0 Å². The van der Waals surface area contributed by atoms with E-state index < -0.39 is 5.97 Å². The number of benzene rings is 1. The number of hydrogen-bond donors (Lipinski definition) is 1. The second kappa shape index (κ2) is 5.00. The Bertz CT molecular complexity index is 558. The molecule has 0 radical (unpaired) electrons. The van der Waals surface area contributed by atoms with Crippen molar-refractivity contribution in [1.29, 1.82) is 0 Å². The zero-order chi connectivity index (χ0) is 15.1. The molecule has 0 fully saturated rings. The average molecular weight is 278 g/mol. The molecular weight excluding hydrogens is 256 g/mol. The van der Waals surface area contributed by atoms with Crippen molar-refractivity contribution in [3.63, 3.8) is 0 Å². The molecule has 2 rings (SSSR count). The van der Waals surface area contributed by atoms with Crippen molar-refractivity contribution < 1.29 is 19.4 Å². The summed E-state index contributed by atoms with van der Waals surface area (Å²) in [7, 11) is 0. The highest BCUT2D eigenvalue weighted by molar-refractivity contribution is 5.69. The van der Waals surface area contributed by atoms with Crippen LogP contribution in [0.1, 0.15) is 42.5 Å². The number of rotatable bonds is 3. The molecule has 0 aliphatic carbocycles. The second-order valence-corrected chi connectivity index (χ2v) is 6.06. The Hall–Kier alpha value is -1.71. The van der Waals surface area contributed by atoms with Crippen LogP contribution in [0.4, 0.5) is 0 Å². The highest BCUT2D eigenvalue weighted by atomic mass is 16.5. The largest absolute Gasteiger partial charge is 0.487 e. The summed E-state index contributed by atoms with van der Waals surface area (Å²) in [5.74, 6) is 0.669. The third kappa shape index (κ3) is 2.60. The smallest absolute Gasteiger partial charge is 0.341 e. The zero-order valence-electron chi connectivity index (χ0n) is 12.8. The summed E-state index contributed by atoms with van der Waals surface area (Å²) in [5.41, 5.74) is 3.99. The van der Waals surface area contributed by atoms with E-state index in [0.29, 0.717) is 5.75 Å². The van der Waals surface area contributed by atoms with Gasteiger partial charge >= 0.3 is 5.97 Å². The molecule has 0 atom stereocenters. The third-order valence-electron chi connectivity index (χ3n) is 4.01. The van der Waals surface area contributed by atoms with Crippen LogP contribution < -0.4 is 9.47 Å². The van der Waals surface area contributed by atoms with E-state index in [1.807, 2.05) is 20.8 Å². The molecule has 0 saturated heterocycles. The van der Waals surface area contributed by atoms with Crippen LogP contribution in [0.15, 0.2) is 0 Å². The van der Waals surface area contributed by atoms with E-state index in [0.717, 1.165) is 40.8 Å². The highest BCUT2D eigenvalue weighted by Crippen LogP contribution is 2.43. The molecule has 0 bridgehead atoms. The summed E-state index contributed by atoms with van der Waals surface area (Å²) in [5, 5.41) is 8.78. The Labute approximate surface area is 119 Å². The minimum absolute atomic E-state index is 0.153. The van der Waals surface area contributed by atoms with E-state index in [-0.39, 0.29) is 12.2 Å². The van der Waals surface area contributed by atoms with Crippen molar-refractivity contribution in [1.82, 2.24) is 0 Å². The molecule has 1 aromatic rings. The molecule has 1 aliphatic heterocycles. The summed E-state index contributed by atoms with van der Waals surface area (Å²) >= 11 is 0. The molecule has 1 aliphatic rings. The van der Waals surface area contributed by atoms with Gasteiger partial charge < -0.3 is 14.6 Å². The van der Waals surface area contributed by atoms with E-state index in [4.69, 9.17) is 14.6 Å². The van der Waals surface area contributed by atoms with Gasteiger partial charge in [0.25, 0.3) is 0 Å². The fourth-order valence-corrected chi connectivity index (χ4v) is 2.70. The van der Waals surface area contributed by atoms with Crippen LogP contribution >= 0.6 is 0 Å². The van der Waals surface area contributed by atoms with Gasteiger partial charge in [-0.2, -0.15) is 0 Å². The first-order valence-electron chi connectivity index (χ1n) is 6.89. The van der Waals surface area contributed by atoms with Crippen LogP contribution in [0.5, 0.6) is 11.5 Å². The van der Waals surface area contributed by atoms with Crippen molar-refractivity contribution in [3.8, 4) is 11.5 Å². The van der Waals surface area contributed by atoms with Crippen molar-refractivity contribution in [2.24, 2.45) is 0 Å². The van der Waals surface area contributed by atoms with Crippen molar-refractivity contribution in [3.05, 3.63) is 22.3 Å². The highest BCUT2D eigenvalue weighted by Gasteiger charge is 2.31. The molecule has 0 aromatic heterocycles. The topological polar surface area (TPSA) is 55.8 Å². The van der Waals surface area contributed by atoms with Crippen molar-refractivity contribution in [2.75, 3.05) is 6.61 Å². The molecule has 4 nitrogen and oxygen atoms in total. The van der Waals surface area contributed by atoms with Crippen molar-refractivity contribution >= 4 is 5.97 Å². The van der Waals surface area contributed by atoms with Crippen LogP contribution in [0, 0.1) is 20.8 Å². The SMILES string of the molecule is Cc1c(C)c2c(c(C)c1OCC(=O)O)CCC(C)(C)O2. The van der Waals surface area contributed by atoms with Crippen LogP contribution in [0.25, 0.3) is 0 Å². The van der Waals surface area contributed by atoms with E-state index in [2.05, 4.69) is 13.8 Å². The maximum Gasteiger partial charge on any atom is 0.341 e. The molecule has 1 heterocycles. The molecular formula is C16H22O4. The van der Waals surface area contributed by atoms with Gasteiger partial charge in [-0.25, -0.2) is 4.79 Å². The fourth-order valence-electron chi connectivity index (χ4n) is 2.70. The first-order chi connectivity index (χ1) is 9.23. The number of carbonyl (C=O) groups is 1. The normalized spacial score (nSPS) is 16.2. The van der Waals surface area contributed by atoms with E-state index in [1.165, 1.54) is 0 Å². The molecule has 110 valence electrons. The molecule has 1 N–H and O–H groups in total. The second-order valence-electron chi connectivity index (χ2n) is 6.06. The van der Waals surface area contributed by atoms with Gasteiger partial charge in [0, 0.05) is 5.56 Å². The van der Waals surface area contributed by atoms with E-state index in [9.17, 15) is 4.79 Å². The number of carboxylic acids is 1. The number of aliphatic carboxylic acids is 1. The van der Waals surface area contributed by atoms with Gasteiger partial charge in [0.2, 0.25) is 0 Å². The number of carboxylic acid groups (broad SMARTS) is 1. The molecule has 0 amide bonds. The molecule has 0 unspecified atom stereocenters. The van der Waals surface area contributed by atoms with Crippen LogP contribution in [-0.2, 0) is 11.2 Å². The Morgan fingerprint density at radius 1 is 1.25 bits per heavy atom. The Morgan fingerprint density at radius 3 is 2.50 bits per heavy atom. The van der Waals surface area contributed by atoms with Crippen LogP contribution in [0.2, 0.25) is 0 Å². The lowest BCUT2D eigenvalue weighted by molar-refractivity contribution is -0.139. The summed E-state index contributed by atoms with van der Waals surface area (Å²) in [4.78, 5) is 10.7. The maximum absolute atomic E-state index is 10.7. The standard InChI is InChI=1S/C16H22O4/c1-9-10(2)15-12(6-7-16(4,5)20-15)11(3)14(9)19-8-13(17)18/h6-8H2,1-5H3,(H,17,18). The van der Waals surface area contributed by atoms with Gasteiger partial charge in [-0.05, 0) is 64.2 Å². The van der Waals surface area contributed by atoms with E-state index in [1.54, 1.807) is 0 Å². The van der Waals surface area contributed by atoms with Crippen LogP contribution in [-0.4, -0.2) is 23.3 Å². The minimum Gasteiger partial charge on any atom is -0.487 e. The van der Waals surface area contributed by atoms with Gasteiger partial charge in [0.1, 0.15) is 17.1 Å². The van der Waals surface area contributed by atoms with Crippen molar-refractivity contribution in [2.45, 2.75) is 53.1 Å².